The Morgan fingerprint density at radius 2 is 0.900 bits per heavy atom. The number of aliphatic hydroxyl groups is 4. The first-order chi connectivity index (χ1) is 18.1. The molecule has 0 saturated carbocycles. The molecule has 0 aliphatic heterocycles. The molecule has 0 radical (unpaired) electrons. The highest BCUT2D eigenvalue weighted by molar-refractivity contribution is 7.53. The van der Waals surface area contributed by atoms with Crippen molar-refractivity contribution in [3.05, 3.63) is 68.8 Å². The zero-order valence-corrected chi connectivity index (χ0v) is 27.1. The highest BCUT2D eigenvalue weighted by atomic mass is 31.2. The molecule has 0 atom stereocenters. The third-order valence-corrected chi connectivity index (χ3v) is 8.29. The van der Waals surface area contributed by atoms with Crippen LogP contribution in [0.25, 0.3) is 0 Å². The molecule has 0 amide bonds. The molecule has 2 aromatic carbocycles. The predicted molar refractivity (Wildman–Crippen MR) is 160 cm³/mol. The molecular weight excluding hydrogens is 554 g/mol. The van der Waals surface area contributed by atoms with E-state index >= 15 is 0 Å². The van der Waals surface area contributed by atoms with Crippen molar-refractivity contribution in [3.8, 4) is 0 Å². The highest BCUT2D eigenvalue weighted by Gasteiger charge is 2.56. The third-order valence-electron chi connectivity index (χ3n) is 7.12. The Labute approximate surface area is 241 Å². The van der Waals surface area contributed by atoms with Gasteiger partial charge in [0, 0.05) is 0 Å². The first kappa shape index (κ1) is 37.0. The Hall–Kier alpha value is -1.06. The minimum Gasteiger partial charge on any atom is -0.395 e. The third kappa shape index (κ3) is 8.06. The lowest BCUT2D eigenvalue weighted by atomic mass is 9.59. The van der Waals surface area contributed by atoms with Crippen LogP contribution in [0, 0.1) is 33.1 Å². The minimum atomic E-state index is -2.61. The van der Waals surface area contributed by atoms with Crippen molar-refractivity contribution in [3.63, 3.8) is 0 Å². The van der Waals surface area contributed by atoms with Gasteiger partial charge in [0.15, 0.2) is 0 Å². The van der Waals surface area contributed by atoms with Crippen LogP contribution in [0.4, 0.5) is 0 Å². The molecule has 0 spiro atoms. The van der Waals surface area contributed by atoms with Crippen molar-refractivity contribution in [1.82, 2.24) is 0 Å². The molecule has 0 saturated heterocycles. The van der Waals surface area contributed by atoms with E-state index in [4.69, 9.17) is 19.6 Å². The van der Waals surface area contributed by atoms with E-state index in [0.717, 1.165) is 33.4 Å². The molecule has 8 N–H and O–H groups in total. The number of rotatable bonds is 8. The average Bonchev–Trinajstić information content (AvgIpc) is 2.77. The maximum Gasteiger partial charge on any atom is 0.334 e. The zero-order valence-electron chi connectivity index (χ0n) is 25.3. The van der Waals surface area contributed by atoms with E-state index in [0.29, 0.717) is 11.1 Å². The quantitative estimate of drug-likeness (QED) is 0.207. The van der Waals surface area contributed by atoms with Crippen LogP contribution < -0.4 is 0 Å². The average molecular weight is 603 g/mol. The molecule has 228 valence electrons. The molecule has 0 aliphatic carbocycles. The lowest BCUT2D eigenvalue weighted by molar-refractivity contribution is -0.137. The van der Waals surface area contributed by atoms with Crippen molar-refractivity contribution in [2.24, 2.45) is 5.41 Å². The molecule has 0 aromatic heterocycles. The second kappa shape index (κ2) is 13.9. The summed E-state index contributed by atoms with van der Waals surface area (Å²) >= 11 is 0. The summed E-state index contributed by atoms with van der Waals surface area (Å²) in [7, 11) is -5.22. The lowest BCUT2D eigenvalue weighted by Gasteiger charge is -2.50. The summed E-state index contributed by atoms with van der Waals surface area (Å²) in [5, 5.41) is 44.9. The van der Waals surface area contributed by atoms with Gasteiger partial charge in [-0.1, -0.05) is 76.9 Å². The fraction of sp³-hybridized carbons (Fsp3) is 0.586. The van der Waals surface area contributed by atoms with E-state index in [9.17, 15) is 20.4 Å². The van der Waals surface area contributed by atoms with E-state index in [1.165, 1.54) is 0 Å². The largest absolute Gasteiger partial charge is 0.395 e. The predicted octanol–water partition coefficient (Wildman–Crippen LogP) is 4.14. The van der Waals surface area contributed by atoms with Crippen LogP contribution in [0.15, 0.2) is 24.3 Å². The summed E-state index contributed by atoms with van der Waals surface area (Å²) < 4.78 is 3.60. The van der Waals surface area contributed by atoms with Crippen molar-refractivity contribution in [1.29, 1.82) is 0 Å². The molecule has 0 aliphatic rings. The molecule has 2 aromatic rings. The van der Waals surface area contributed by atoms with Crippen LogP contribution in [0.5, 0.6) is 0 Å². The smallest absolute Gasteiger partial charge is 0.334 e. The zero-order chi connectivity index (χ0) is 31.4. The van der Waals surface area contributed by atoms with E-state index < -0.39 is 48.0 Å². The summed E-state index contributed by atoms with van der Waals surface area (Å²) in [6.07, 6.45) is 0. The maximum absolute atomic E-state index is 13.0. The van der Waals surface area contributed by atoms with Gasteiger partial charge in [-0.3, -0.25) is 0 Å². The van der Waals surface area contributed by atoms with Gasteiger partial charge in [0.25, 0.3) is 0 Å². The van der Waals surface area contributed by atoms with Gasteiger partial charge in [0.1, 0.15) is 5.60 Å². The van der Waals surface area contributed by atoms with Crippen LogP contribution in [0.1, 0.15) is 86.1 Å². The molecular formula is C29H48O9P2. The normalized spacial score (nSPS) is 13.1. The van der Waals surface area contributed by atoms with Crippen molar-refractivity contribution >= 4 is 17.2 Å². The lowest BCUT2D eigenvalue weighted by Crippen LogP contribution is -2.56. The van der Waals surface area contributed by atoms with Gasteiger partial charge in [-0.25, -0.2) is 4.31 Å². The van der Waals surface area contributed by atoms with Crippen LogP contribution in [0.2, 0.25) is 0 Å². The first-order valence-electron chi connectivity index (χ1n) is 13.0. The summed E-state index contributed by atoms with van der Waals surface area (Å²) in [5.74, 6) is 0. The minimum absolute atomic E-state index is 0.327. The van der Waals surface area contributed by atoms with Gasteiger partial charge in [0.2, 0.25) is 0 Å². The molecule has 0 bridgehead atoms. The first-order valence-corrected chi connectivity index (χ1v) is 15.3. The second-order valence-electron chi connectivity index (χ2n) is 12.6. The van der Waals surface area contributed by atoms with Crippen molar-refractivity contribution in [2.45, 2.75) is 85.7 Å². The fourth-order valence-electron chi connectivity index (χ4n) is 5.29. The molecule has 9 nitrogen and oxygen atoms in total. The Bertz CT molecular complexity index is 1050. The van der Waals surface area contributed by atoms with E-state index in [-0.39, 0.29) is 10.8 Å². The van der Waals surface area contributed by atoms with Crippen molar-refractivity contribution < 1.29 is 44.3 Å². The van der Waals surface area contributed by atoms with Gasteiger partial charge in [-0.05, 0) is 71.9 Å². The summed E-state index contributed by atoms with van der Waals surface area (Å²) in [6.45, 7) is 18.8. The van der Waals surface area contributed by atoms with E-state index in [2.05, 4.69) is 58.0 Å². The SMILES string of the molecule is Cc1cc(C)c(C(O)(c2c(C)cc(C)cc2C(C)(C)C)C(CO)(CO)CO)c(C(C)(C)C)c1.OP(O)OP(O)O. The summed E-state index contributed by atoms with van der Waals surface area (Å²) in [6, 6.07) is 8.19. The second-order valence-corrected chi connectivity index (χ2v) is 14.2. The molecule has 11 heteroatoms. The Morgan fingerprint density at radius 3 is 1.10 bits per heavy atom. The topological polar surface area (TPSA) is 171 Å². The van der Waals surface area contributed by atoms with Gasteiger partial charge < -0.3 is 40.0 Å². The molecule has 40 heavy (non-hydrogen) atoms. The van der Waals surface area contributed by atoms with Crippen LogP contribution in [-0.2, 0) is 20.7 Å². The van der Waals surface area contributed by atoms with Crippen molar-refractivity contribution in [2.75, 3.05) is 19.8 Å². The van der Waals surface area contributed by atoms with Crippen LogP contribution in [0.3, 0.4) is 0 Å². The summed E-state index contributed by atoms with van der Waals surface area (Å²) in [5.41, 5.74) is 2.93. The van der Waals surface area contributed by atoms with Gasteiger partial charge in [-0.2, -0.15) is 0 Å². The Kier molecular flexibility index (Phi) is 12.9. The van der Waals surface area contributed by atoms with Crippen LogP contribution in [-0.4, -0.2) is 59.8 Å². The van der Waals surface area contributed by atoms with Gasteiger partial charge in [-0.15, -0.1) is 0 Å². The number of benzene rings is 2. The number of hydrogen-bond donors (Lipinski definition) is 8. The molecule has 0 unspecified atom stereocenters. The summed E-state index contributed by atoms with van der Waals surface area (Å²) in [4.78, 5) is 31.3. The molecule has 0 heterocycles. The monoisotopic (exact) mass is 602 g/mol. The Morgan fingerprint density at radius 1 is 0.600 bits per heavy atom. The standard InChI is InChI=1S/C29H44O4.H4O5P2/c1-18-11-20(3)24(22(13-18)26(5,6)7)29(33,28(15-30,16-31)17-32)25-21(4)12-19(2)14-23(25)27(8,9)10;1-6(2)5-7(3)4/h11-14,30-33H,15-17H2,1-10H3;1-4H. The van der Waals surface area contributed by atoms with Gasteiger partial charge >= 0.3 is 17.2 Å². The molecule has 2 rings (SSSR count). The number of aryl methyl sites for hydroxylation is 4. The Balaban J connectivity index is 0.00000101. The van der Waals surface area contributed by atoms with E-state index in [1.54, 1.807) is 0 Å². The van der Waals surface area contributed by atoms with Crippen LogP contribution >= 0.6 is 17.2 Å². The van der Waals surface area contributed by atoms with E-state index in [1.807, 2.05) is 39.8 Å². The fourth-order valence-corrected chi connectivity index (χ4v) is 5.82. The maximum atomic E-state index is 13.0. The highest BCUT2D eigenvalue weighted by Crippen LogP contribution is 2.53. The molecule has 0 fully saturated rings. The number of aliphatic hydroxyl groups excluding tert-OH is 3. The van der Waals surface area contributed by atoms with Gasteiger partial charge in [0.05, 0.1) is 25.2 Å². The number of hydrogen-bond acceptors (Lipinski definition) is 9.